The first-order chi connectivity index (χ1) is 15.4. The standard InChI is InChI=1S/C23H20I2N2O4S/c1-13(28)31-21-14(9-15(24)10-18(21)25)11-27-23-20(17-6-2-3-7-19(17)32-23)22(29)26-12-16-5-4-8-30-16/h4-5,8-11H,2-3,6-7,12H2,1H3,(H,26,29). The van der Waals surface area contributed by atoms with E-state index in [9.17, 15) is 9.59 Å². The summed E-state index contributed by atoms with van der Waals surface area (Å²) in [6.45, 7) is 1.70. The fourth-order valence-electron chi connectivity index (χ4n) is 3.60. The lowest BCUT2D eigenvalue weighted by Gasteiger charge is -2.12. The van der Waals surface area contributed by atoms with Gasteiger partial charge in [0.25, 0.3) is 5.91 Å². The fraction of sp³-hybridized carbons (Fsp3) is 0.261. The van der Waals surface area contributed by atoms with Gasteiger partial charge in [0.05, 0.1) is 21.9 Å². The highest BCUT2D eigenvalue weighted by molar-refractivity contribution is 14.1. The van der Waals surface area contributed by atoms with Crippen molar-refractivity contribution in [2.75, 3.05) is 0 Å². The minimum atomic E-state index is -0.386. The maximum Gasteiger partial charge on any atom is 0.308 e. The molecule has 2 heterocycles. The van der Waals surface area contributed by atoms with Crippen LogP contribution < -0.4 is 10.1 Å². The predicted molar refractivity (Wildman–Crippen MR) is 141 cm³/mol. The molecule has 1 aromatic carbocycles. The number of amides is 1. The molecule has 1 N–H and O–H groups in total. The van der Waals surface area contributed by atoms with Crippen LogP contribution in [0.1, 0.15) is 51.9 Å². The molecule has 0 aliphatic heterocycles. The molecule has 0 saturated carbocycles. The number of aliphatic imine (C=N–C) groups is 1. The molecule has 1 aliphatic carbocycles. The van der Waals surface area contributed by atoms with Gasteiger partial charge < -0.3 is 14.5 Å². The fourth-order valence-corrected chi connectivity index (χ4v) is 6.83. The number of nitrogens with zero attached hydrogens (tertiary/aromatic N) is 1. The van der Waals surface area contributed by atoms with E-state index in [0.717, 1.165) is 38.4 Å². The van der Waals surface area contributed by atoms with E-state index >= 15 is 0 Å². The predicted octanol–water partition coefficient (Wildman–Crippen LogP) is 6.04. The molecule has 4 rings (SSSR count). The van der Waals surface area contributed by atoms with Crippen LogP contribution in [0.3, 0.4) is 0 Å². The minimum absolute atomic E-state index is 0.148. The van der Waals surface area contributed by atoms with E-state index < -0.39 is 0 Å². The number of halogens is 2. The Morgan fingerprint density at radius 2 is 2.09 bits per heavy atom. The Kier molecular flexibility index (Phi) is 7.66. The number of hydrogen-bond donors (Lipinski definition) is 1. The number of fused-ring (bicyclic) bond motifs is 1. The second kappa shape index (κ2) is 10.5. The van der Waals surface area contributed by atoms with Crippen molar-refractivity contribution in [3.05, 3.63) is 65.0 Å². The molecular weight excluding hydrogens is 654 g/mol. The van der Waals surface area contributed by atoms with Crippen molar-refractivity contribution in [1.29, 1.82) is 0 Å². The zero-order chi connectivity index (χ0) is 22.7. The lowest BCUT2D eigenvalue weighted by molar-refractivity contribution is -0.131. The Labute approximate surface area is 217 Å². The third kappa shape index (κ3) is 5.42. The monoisotopic (exact) mass is 674 g/mol. The van der Waals surface area contributed by atoms with Crippen molar-refractivity contribution in [1.82, 2.24) is 5.32 Å². The Bertz CT molecular complexity index is 1190. The van der Waals surface area contributed by atoms with Crippen molar-refractivity contribution in [3.63, 3.8) is 0 Å². The number of esters is 1. The Morgan fingerprint density at radius 3 is 2.84 bits per heavy atom. The third-order valence-corrected chi connectivity index (χ3v) is 7.61. The minimum Gasteiger partial charge on any atom is -0.467 e. The lowest BCUT2D eigenvalue weighted by Crippen LogP contribution is -2.23. The molecule has 166 valence electrons. The summed E-state index contributed by atoms with van der Waals surface area (Å²) in [5, 5.41) is 3.64. The molecule has 0 fully saturated rings. The van der Waals surface area contributed by atoms with Crippen LogP contribution in [-0.2, 0) is 24.2 Å². The van der Waals surface area contributed by atoms with E-state index in [2.05, 4.69) is 50.5 Å². The van der Waals surface area contributed by atoms with Gasteiger partial charge in [0.2, 0.25) is 0 Å². The number of hydrogen-bond acceptors (Lipinski definition) is 6. The highest BCUT2D eigenvalue weighted by Crippen LogP contribution is 2.40. The molecule has 0 bridgehead atoms. The van der Waals surface area contributed by atoms with Crippen molar-refractivity contribution >= 4 is 79.6 Å². The number of rotatable bonds is 6. The summed E-state index contributed by atoms with van der Waals surface area (Å²) in [4.78, 5) is 30.7. The zero-order valence-electron chi connectivity index (χ0n) is 17.2. The number of thiophene rings is 1. The quantitative estimate of drug-likeness (QED) is 0.150. The molecule has 0 atom stereocenters. The van der Waals surface area contributed by atoms with Gasteiger partial charge in [-0.15, -0.1) is 11.3 Å². The largest absolute Gasteiger partial charge is 0.467 e. The number of furan rings is 1. The van der Waals surface area contributed by atoms with E-state index in [4.69, 9.17) is 14.1 Å². The molecule has 9 heteroatoms. The molecule has 1 aliphatic rings. The molecule has 0 spiro atoms. The molecule has 1 amide bonds. The molecule has 2 aromatic heterocycles. The van der Waals surface area contributed by atoms with Crippen LogP contribution >= 0.6 is 56.5 Å². The van der Waals surface area contributed by atoms with Crippen LogP contribution in [0.5, 0.6) is 5.75 Å². The van der Waals surface area contributed by atoms with Gasteiger partial charge in [-0.3, -0.25) is 9.59 Å². The average molecular weight is 674 g/mol. The van der Waals surface area contributed by atoms with Gasteiger partial charge >= 0.3 is 5.97 Å². The molecule has 0 saturated heterocycles. The first-order valence-corrected chi connectivity index (χ1v) is 13.1. The van der Waals surface area contributed by atoms with Crippen molar-refractivity contribution in [2.24, 2.45) is 4.99 Å². The van der Waals surface area contributed by atoms with Gasteiger partial charge in [0, 0.05) is 27.1 Å². The van der Waals surface area contributed by atoms with Crippen LogP contribution in [0.15, 0.2) is 39.9 Å². The van der Waals surface area contributed by atoms with Gasteiger partial charge in [-0.1, -0.05) is 0 Å². The number of carbonyl (C=O) groups excluding carboxylic acids is 2. The van der Waals surface area contributed by atoms with Gasteiger partial charge in [-0.05, 0) is 101 Å². The van der Waals surface area contributed by atoms with E-state index in [1.807, 2.05) is 18.2 Å². The smallest absolute Gasteiger partial charge is 0.308 e. The lowest BCUT2D eigenvalue weighted by atomic mass is 9.95. The number of carbonyl (C=O) groups is 2. The van der Waals surface area contributed by atoms with Crippen LogP contribution in [-0.4, -0.2) is 18.1 Å². The van der Waals surface area contributed by atoms with Crippen LogP contribution in [0.25, 0.3) is 0 Å². The number of nitrogens with one attached hydrogen (secondary N) is 1. The zero-order valence-corrected chi connectivity index (χ0v) is 22.4. The summed E-state index contributed by atoms with van der Waals surface area (Å²) in [5.41, 5.74) is 2.44. The maximum absolute atomic E-state index is 13.1. The number of ether oxygens (including phenoxy) is 1. The van der Waals surface area contributed by atoms with Gasteiger partial charge in [0.1, 0.15) is 10.8 Å². The molecule has 32 heavy (non-hydrogen) atoms. The number of benzene rings is 1. The number of aryl methyl sites for hydroxylation is 1. The Morgan fingerprint density at radius 1 is 1.28 bits per heavy atom. The molecule has 3 aromatic rings. The normalized spacial score (nSPS) is 13.2. The molecule has 0 radical (unpaired) electrons. The summed E-state index contributed by atoms with van der Waals surface area (Å²) < 4.78 is 12.6. The Balaban J connectivity index is 1.68. The molecule has 6 nitrogen and oxygen atoms in total. The molecule has 0 unspecified atom stereocenters. The van der Waals surface area contributed by atoms with Crippen molar-refractivity contribution in [2.45, 2.75) is 39.2 Å². The summed E-state index contributed by atoms with van der Waals surface area (Å²) >= 11 is 5.94. The van der Waals surface area contributed by atoms with Crippen LogP contribution in [0.4, 0.5) is 5.00 Å². The van der Waals surface area contributed by atoms with E-state index in [1.54, 1.807) is 29.9 Å². The van der Waals surface area contributed by atoms with E-state index in [-0.39, 0.29) is 11.9 Å². The van der Waals surface area contributed by atoms with Gasteiger partial charge in [0.15, 0.2) is 5.75 Å². The SMILES string of the molecule is CC(=O)Oc1c(I)cc(I)cc1C=Nc1sc2c(c1C(=O)NCc1ccco1)CCCC2. The highest BCUT2D eigenvalue weighted by atomic mass is 127. The topological polar surface area (TPSA) is 80.9 Å². The van der Waals surface area contributed by atoms with Crippen LogP contribution in [0.2, 0.25) is 0 Å². The van der Waals surface area contributed by atoms with Gasteiger partial charge in [-0.2, -0.15) is 0 Å². The van der Waals surface area contributed by atoms with Crippen molar-refractivity contribution in [3.8, 4) is 5.75 Å². The summed E-state index contributed by atoms with van der Waals surface area (Å²) in [6, 6.07) is 7.48. The maximum atomic E-state index is 13.1. The van der Waals surface area contributed by atoms with E-state index in [0.29, 0.717) is 34.2 Å². The van der Waals surface area contributed by atoms with Crippen LogP contribution in [0, 0.1) is 7.14 Å². The van der Waals surface area contributed by atoms with E-state index in [1.165, 1.54) is 11.8 Å². The second-order valence-electron chi connectivity index (χ2n) is 7.31. The summed E-state index contributed by atoms with van der Waals surface area (Å²) in [7, 11) is 0. The second-order valence-corrected chi connectivity index (χ2v) is 10.8. The first kappa shape index (κ1) is 23.4. The summed E-state index contributed by atoms with van der Waals surface area (Å²) in [6.07, 6.45) is 7.31. The average Bonchev–Trinajstić information content (AvgIpc) is 3.40. The third-order valence-electron chi connectivity index (χ3n) is 4.99. The first-order valence-electron chi connectivity index (χ1n) is 10.1. The Hall–Kier alpha value is -1.73. The van der Waals surface area contributed by atoms with Gasteiger partial charge in [-0.25, -0.2) is 4.99 Å². The highest BCUT2D eigenvalue weighted by Gasteiger charge is 2.25. The van der Waals surface area contributed by atoms with Crippen molar-refractivity contribution < 1.29 is 18.7 Å². The molecular formula is C23H20I2N2O4S. The summed E-state index contributed by atoms with van der Waals surface area (Å²) in [5.74, 6) is 0.646.